The van der Waals surface area contributed by atoms with E-state index in [0.717, 1.165) is 11.1 Å². The zero-order valence-corrected chi connectivity index (χ0v) is 9.43. The van der Waals surface area contributed by atoms with Crippen LogP contribution in [0.1, 0.15) is 18.1 Å². The third-order valence-corrected chi connectivity index (χ3v) is 2.18. The van der Waals surface area contributed by atoms with Gasteiger partial charge in [0.1, 0.15) is 5.75 Å². The Morgan fingerprint density at radius 3 is 2.69 bits per heavy atom. The Morgan fingerprint density at radius 1 is 1.50 bits per heavy atom. The number of aryl methyl sites for hydroxylation is 1. The van der Waals surface area contributed by atoms with E-state index in [0.29, 0.717) is 12.2 Å². The number of aliphatic hydroxyl groups excluding tert-OH is 2. The van der Waals surface area contributed by atoms with Gasteiger partial charge in [-0.2, -0.15) is 0 Å². The lowest BCUT2D eigenvalue weighted by Crippen LogP contribution is -2.15. The molecule has 0 saturated heterocycles. The summed E-state index contributed by atoms with van der Waals surface area (Å²) in [4.78, 5) is 10.8. The molecule has 0 spiro atoms. The fraction of sp³-hybridized carbons (Fsp3) is 0.417. The van der Waals surface area contributed by atoms with Crippen LogP contribution in [0.2, 0.25) is 0 Å². The van der Waals surface area contributed by atoms with Crippen molar-refractivity contribution in [2.24, 2.45) is 0 Å². The van der Waals surface area contributed by atoms with Gasteiger partial charge in [0.05, 0.1) is 12.7 Å². The highest BCUT2D eigenvalue weighted by molar-refractivity contribution is 5.69. The van der Waals surface area contributed by atoms with Gasteiger partial charge in [-0.1, -0.05) is 12.1 Å². The molecule has 0 amide bonds. The van der Waals surface area contributed by atoms with Crippen molar-refractivity contribution in [3.05, 3.63) is 29.3 Å². The summed E-state index contributed by atoms with van der Waals surface area (Å²) >= 11 is 0. The molecule has 0 radical (unpaired) electrons. The topological polar surface area (TPSA) is 66.8 Å². The van der Waals surface area contributed by atoms with E-state index in [9.17, 15) is 9.90 Å². The largest absolute Gasteiger partial charge is 0.426 e. The third kappa shape index (κ3) is 3.64. The molecular weight excluding hydrogens is 208 g/mol. The van der Waals surface area contributed by atoms with E-state index in [1.54, 1.807) is 12.1 Å². The molecule has 0 heterocycles. The lowest BCUT2D eigenvalue weighted by Gasteiger charge is -2.10. The summed E-state index contributed by atoms with van der Waals surface area (Å²) in [6.07, 6.45) is -0.364. The zero-order chi connectivity index (χ0) is 12.1. The van der Waals surface area contributed by atoms with Crippen LogP contribution in [0.15, 0.2) is 18.2 Å². The molecule has 0 bridgehead atoms. The van der Waals surface area contributed by atoms with E-state index in [1.807, 2.05) is 13.0 Å². The van der Waals surface area contributed by atoms with E-state index >= 15 is 0 Å². The van der Waals surface area contributed by atoms with Crippen LogP contribution in [0.5, 0.6) is 5.75 Å². The molecule has 1 atom stereocenters. The average molecular weight is 224 g/mol. The fourth-order valence-corrected chi connectivity index (χ4v) is 1.44. The first-order valence-corrected chi connectivity index (χ1v) is 5.09. The van der Waals surface area contributed by atoms with Crippen molar-refractivity contribution in [3.8, 4) is 5.75 Å². The summed E-state index contributed by atoms with van der Waals surface area (Å²) in [5.74, 6) is 0.168. The van der Waals surface area contributed by atoms with Crippen LogP contribution in [0.25, 0.3) is 0 Å². The van der Waals surface area contributed by atoms with Crippen molar-refractivity contribution < 1.29 is 19.7 Å². The fourth-order valence-electron chi connectivity index (χ4n) is 1.44. The smallest absolute Gasteiger partial charge is 0.308 e. The molecule has 1 aromatic carbocycles. The molecule has 4 nitrogen and oxygen atoms in total. The van der Waals surface area contributed by atoms with Gasteiger partial charge in [0, 0.05) is 13.3 Å². The Kier molecular flexibility index (Phi) is 4.46. The minimum Gasteiger partial charge on any atom is -0.426 e. The number of carbonyl (C=O) groups excluding carboxylic acids is 1. The van der Waals surface area contributed by atoms with Gasteiger partial charge in [-0.3, -0.25) is 4.79 Å². The van der Waals surface area contributed by atoms with Crippen molar-refractivity contribution in [3.63, 3.8) is 0 Å². The summed E-state index contributed by atoms with van der Waals surface area (Å²) in [5.41, 5.74) is 1.73. The number of benzene rings is 1. The van der Waals surface area contributed by atoms with E-state index in [-0.39, 0.29) is 12.6 Å². The zero-order valence-electron chi connectivity index (χ0n) is 9.43. The Hall–Kier alpha value is -1.39. The second-order valence-electron chi connectivity index (χ2n) is 3.73. The van der Waals surface area contributed by atoms with Crippen LogP contribution < -0.4 is 4.74 Å². The molecule has 88 valence electrons. The maximum absolute atomic E-state index is 10.8. The highest BCUT2D eigenvalue weighted by Gasteiger charge is 2.07. The molecule has 4 heteroatoms. The molecule has 0 aliphatic heterocycles. The number of rotatable bonds is 4. The van der Waals surface area contributed by atoms with Crippen molar-refractivity contribution in [2.75, 3.05) is 6.61 Å². The van der Waals surface area contributed by atoms with Crippen LogP contribution >= 0.6 is 0 Å². The van der Waals surface area contributed by atoms with Gasteiger partial charge in [-0.05, 0) is 24.1 Å². The molecule has 0 aliphatic rings. The first-order chi connectivity index (χ1) is 7.52. The van der Waals surface area contributed by atoms with Crippen LogP contribution in [0.4, 0.5) is 0 Å². The molecule has 1 unspecified atom stereocenters. The SMILES string of the molecule is CC(=O)Oc1ccc(CC(O)CO)cc1C. The van der Waals surface area contributed by atoms with Gasteiger partial charge in [0.15, 0.2) is 0 Å². The van der Waals surface area contributed by atoms with Gasteiger partial charge in [0.25, 0.3) is 0 Å². The lowest BCUT2D eigenvalue weighted by molar-refractivity contribution is -0.131. The summed E-state index contributed by atoms with van der Waals surface area (Å²) < 4.78 is 4.98. The maximum atomic E-state index is 10.8. The quantitative estimate of drug-likeness (QED) is 0.587. The van der Waals surface area contributed by atoms with Gasteiger partial charge in [-0.15, -0.1) is 0 Å². The summed E-state index contributed by atoms with van der Waals surface area (Å²) in [6, 6.07) is 5.29. The number of esters is 1. The summed E-state index contributed by atoms with van der Waals surface area (Å²) in [6.45, 7) is 2.92. The predicted octanol–water partition coefficient (Wildman–Crippen LogP) is 0.816. The third-order valence-electron chi connectivity index (χ3n) is 2.18. The van der Waals surface area contributed by atoms with Crippen molar-refractivity contribution in [1.82, 2.24) is 0 Å². The first kappa shape index (κ1) is 12.7. The lowest BCUT2D eigenvalue weighted by atomic mass is 10.1. The highest BCUT2D eigenvalue weighted by Crippen LogP contribution is 2.20. The molecule has 2 N–H and O–H groups in total. The molecule has 0 fully saturated rings. The monoisotopic (exact) mass is 224 g/mol. The Bertz CT molecular complexity index is 373. The Labute approximate surface area is 94.5 Å². The summed E-state index contributed by atoms with van der Waals surface area (Å²) in [7, 11) is 0. The van der Waals surface area contributed by atoms with Crippen molar-refractivity contribution in [1.29, 1.82) is 0 Å². The van der Waals surface area contributed by atoms with Crippen LogP contribution in [0, 0.1) is 6.92 Å². The number of aliphatic hydroxyl groups is 2. The van der Waals surface area contributed by atoms with Gasteiger partial charge < -0.3 is 14.9 Å². The number of hydrogen-bond donors (Lipinski definition) is 2. The Morgan fingerprint density at radius 2 is 2.19 bits per heavy atom. The predicted molar refractivity (Wildman–Crippen MR) is 59.3 cm³/mol. The van der Waals surface area contributed by atoms with Gasteiger partial charge in [-0.25, -0.2) is 0 Å². The molecule has 1 aromatic rings. The molecule has 1 rings (SSSR count). The standard InChI is InChI=1S/C12H16O4/c1-8-5-10(6-11(15)7-13)3-4-12(8)16-9(2)14/h3-5,11,13,15H,6-7H2,1-2H3. The summed E-state index contributed by atoms with van der Waals surface area (Å²) in [5, 5.41) is 18.0. The van der Waals surface area contributed by atoms with Crippen molar-refractivity contribution in [2.45, 2.75) is 26.4 Å². The van der Waals surface area contributed by atoms with Crippen LogP contribution in [0.3, 0.4) is 0 Å². The van der Waals surface area contributed by atoms with Gasteiger partial charge in [0.2, 0.25) is 0 Å². The van der Waals surface area contributed by atoms with Gasteiger partial charge >= 0.3 is 5.97 Å². The van der Waals surface area contributed by atoms with E-state index in [2.05, 4.69) is 0 Å². The molecule has 0 saturated carbocycles. The van der Waals surface area contributed by atoms with Crippen LogP contribution in [-0.2, 0) is 11.2 Å². The maximum Gasteiger partial charge on any atom is 0.308 e. The van der Waals surface area contributed by atoms with Crippen LogP contribution in [-0.4, -0.2) is 28.9 Å². The molecule has 0 aliphatic carbocycles. The average Bonchev–Trinajstić information content (AvgIpc) is 2.21. The Balaban J connectivity index is 2.78. The molecule has 16 heavy (non-hydrogen) atoms. The molecular formula is C12H16O4. The second-order valence-corrected chi connectivity index (χ2v) is 3.73. The normalized spacial score (nSPS) is 12.2. The van der Waals surface area contributed by atoms with E-state index in [1.165, 1.54) is 6.92 Å². The first-order valence-electron chi connectivity index (χ1n) is 5.09. The molecule has 0 aromatic heterocycles. The number of ether oxygens (including phenoxy) is 1. The minimum atomic E-state index is -0.751. The number of carbonyl (C=O) groups is 1. The van der Waals surface area contributed by atoms with E-state index < -0.39 is 6.10 Å². The van der Waals surface area contributed by atoms with E-state index in [4.69, 9.17) is 9.84 Å². The second kappa shape index (κ2) is 5.63. The minimum absolute atomic E-state index is 0.259. The highest BCUT2D eigenvalue weighted by atomic mass is 16.5. The van der Waals surface area contributed by atoms with Crippen molar-refractivity contribution >= 4 is 5.97 Å². The number of hydrogen-bond acceptors (Lipinski definition) is 4.